The Bertz CT molecular complexity index is 1580. The molecule has 4 rings (SSSR count). The third-order valence-corrected chi connectivity index (χ3v) is 7.23. The van der Waals surface area contributed by atoms with Crippen LogP contribution in [0.25, 0.3) is 6.08 Å². The van der Waals surface area contributed by atoms with E-state index in [-0.39, 0.29) is 17.4 Å². The zero-order chi connectivity index (χ0) is 29.2. The number of halogens is 2. The van der Waals surface area contributed by atoms with Gasteiger partial charge in [0.1, 0.15) is 11.4 Å². The van der Waals surface area contributed by atoms with E-state index in [1.807, 2.05) is 12.1 Å². The van der Waals surface area contributed by atoms with Gasteiger partial charge in [-0.2, -0.15) is 0 Å². The lowest BCUT2D eigenvalue weighted by atomic mass is 10.1. The molecular formula is C31H25Cl2N3O4S. The average molecular weight is 607 g/mol. The summed E-state index contributed by atoms with van der Waals surface area (Å²) in [5, 5.41) is 9.13. The van der Waals surface area contributed by atoms with Crippen molar-refractivity contribution in [3.05, 3.63) is 124 Å². The smallest absolute Gasteiger partial charge is 0.272 e. The summed E-state index contributed by atoms with van der Waals surface area (Å²) in [6.45, 7) is 0. The highest BCUT2D eigenvalue weighted by molar-refractivity contribution is 8.00. The highest BCUT2D eigenvalue weighted by Crippen LogP contribution is 2.27. The van der Waals surface area contributed by atoms with Gasteiger partial charge in [-0.15, -0.1) is 11.8 Å². The first kappa shape index (κ1) is 29.7. The van der Waals surface area contributed by atoms with Crippen molar-refractivity contribution in [3.8, 4) is 5.75 Å². The highest BCUT2D eigenvalue weighted by atomic mass is 35.5. The molecule has 0 heterocycles. The second-order valence-corrected chi connectivity index (χ2v) is 10.5. The molecule has 0 bridgehead atoms. The molecule has 3 N–H and O–H groups in total. The van der Waals surface area contributed by atoms with Crippen LogP contribution in [0.2, 0.25) is 10.0 Å². The fraction of sp³-hybridized carbons (Fsp3) is 0.0645. The number of nitrogens with one attached hydrogen (secondary N) is 3. The normalized spacial score (nSPS) is 11.0. The summed E-state index contributed by atoms with van der Waals surface area (Å²) < 4.78 is 5.40. The predicted octanol–water partition coefficient (Wildman–Crippen LogP) is 7.14. The van der Waals surface area contributed by atoms with E-state index in [0.717, 1.165) is 4.90 Å². The van der Waals surface area contributed by atoms with Gasteiger partial charge in [0.25, 0.3) is 11.8 Å². The third-order valence-electron chi connectivity index (χ3n) is 5.65. The number of benzene rings is 4. The number of amides is 3. The molecule has 208 valence electrons. The van der Waals surface area contributed by atoms with Gasteiger partial charge in [-0.05, 0) is 66.7 Å². The van der Waals surface area contributed by atoms with Crippen molar-refractivity contribution in [1.82, 2.24) is 5.32 Å². The average Bonchev–Trinajstić information content (AvgIpc) is 2.99. The van der Waals surface area contributed by atoms with E-state index in [1.54, 1.807) is 91.0 Å². The number of rotatable bonds is 10. The molecule has 7 nitrogen and oxygen atoms in total. The Labute approximate surface area is 251 Å². The van der Waals surface area contributed by atoms with Crippen molar-refractivity contribution in [3.63, 3.8) is 0 Å². The molecule has 0 saturated carbocycles. The Morgan fingerprint density at radius 3 is 2.29 bits per heavy atom. The summed E-state index contributed by atoms with van der Waals surface area (Å²) in [6.07, 6.45) is 1.56. The van der Waals surface area contributed by atoms with Crippen LogP contribution in [0.3, 0.4) is 0 Å². The van der Waals surface area contributed by atoms with E-state index in [0.29, 0.717) is 38.3 Å². The van der Waals surface area contributed by atoms with Crippen LogP contribution >= 0.6 is 35.0 Å². The fourth-order valence-corrected chi connectivity index (χ4v) is 4.68. The largest absolute Gasteiger partial charge is 0.496 e. The van der Waals surface area contributed by atoms with Gasteiger partial charge in [-0.3, -0.25) is 14.4 Å². The monoisotopic (exact) mass is 605 g/mol. The van der Waals surface area contributed by atoms with Gasteiger partial charge in [0.15, 0.2) is 0 Å². The molecule has 3 amide bonds. The van der Waals surface area contributed by atoms with Crippen LogP contribution in [-0.2, 0) is 9.59 Å². The molecule has 0 aromatic heterocycles. The fourth-order valence-electron chi connectivity index (χ4n) is 3.64. The SMILES string of the molecule is COc1ccccc1/C=C(\NC(=O)c1ccccc1)C(=O)Nc1ccc(SCC(=O)Nc2cc(Cl)ccc2Cl)cc1. The molecule has 0 fully saturated rings. The van der Waals surface area contributed by atoms with E-state index in [9.17, 15) is 14.4 Å². The van der Waals surface area contributed by atoms with Crippen molar-refractivity contribution in [2.24, 2.45) is 0 Å². The number of carbonyl (C=O) groups excluding carboxylic acids is 3. The van der Waals surface area contributed by atoms with E-state index in [4.69, 9.17) is 27.9 Å². The molecular weight excluding hydrogens is 581 g/mol. The van der Waals surface area contributed by atoms with Crippen LogP contribution in [0.1, 0.15) is 15.9 Å². The number of hydrogen-bond acceptors (Lipinski definition) is 5. The van der Waals surface area contributed by atoms with Crippen molar-refractivity contribution < 1.29 is 19.1 Å². The number of hydrogen-bond donors (Lipinski definition) is 3. The zero-order valence-electron chi connectivity index (χ0n) is 21.8. The van der Waals surface area contributed by atoms with Crippen LogP contribution in [-0.4, -0.2) is 30.6 Å². The summed E-state index contributed by atoms with van der Waals surface area (Å²) in [6, 6.07) is 27.6. The van der Waals surface area contributed by atoms with Gasteiger partial charge in [-0.1, -0.05) is 59.6 Å². The molecule has 0 unspecified atom stereocenters. The molecule has 0 aliphatic carbocycles. The maximum Gasteiger partial charge on any atom is 0.272 e. The molecule has 41 heavy (non-hydrogen) atoms. The van der Waals surface area contributed by atoms with E-state index < -0.39 is 11.8 Å². The lowest BCUT2D eigenvalue weighted by Gasteiger charge is -2.13. The standard InChI is InChI=1S/C31H25Cl2N3O4S/c1-40-28-10-6-5-9-21(28)17-27(36-30(38)20-7-3-2-4-8-20)31(39)34-23-12-14-24(15-13-23)41-19-29(37)35-26-18-22(32)11-16-25(26)33/h2-18H,19H2,1H3,(H,34,39)(H,35,37)(H,36,38)/b27-17-. The molecule has 0 aliphatic heterocycles. The second-order valence-electron chi connectivity index (χ2n) is 8.56. The summed E-state index contributed by atoms with van der Waals surface area (Å²) >= 11 is 13.4. The van der Waals surface area contributed by atoms with Crippen LogP contribution in [0.4, 0.5) is 11.4 Å². The zero-order valence-corrected chi connectivity index (χ0v) is 24.1. The number of methoxy groups -OCH3 is 1. The summed E-state index contributed by atoms with van der Waals surface area (Å²) in [5.74, 6) is -0.484. The van der Waals surface area contributed by atoms with Gasteiger partial charge < -0.3 is 20.7 Å². The Morgan fingerprint density at radius 2 is 1.56 bits per heavy atom. The van der Waals surface area contributed by atoms with Crippen LogP contribution in [0, 0.1) is 0 Å². The molecule has 0 aliphatic rings. The lowest BCUT2D eigenvalue weighted by molar-refractivity contribution is -0.114. The summed E-state index contributed by atoms with van der Waals surface area (Å²) in [7, 11) is 1.53. The predicted molar refractivity (Wildman–Crippen MR) is 166 cm³/mol. The van der Waals surface area contributed by atoms with Gasteiger partial charge >= 0.3 is 0 Å². The maximum atomic E-state index is 13.3. The second kappa shape index (κ2) is 14.4. The first-order valence-electron chi connectivity index (χ1n) is 12.3. The minimum absolute atomic E-state index is 0.0400. The maximum absolute atomic E-state index is 13.3. The van der Waals surface area contributed by atoms with E-state index in [1.165, 1.54) is 18.9 Å². The van der Waals surface area contributed by atoms with Crippen LogP contribution in [0.15, 0.2) is 108 Å². The van der Waals surface area contributed by atoms with Crippen LogP contribution in [0.5, 0.6) is 5.75 Å². The van der Waals surface area contributed by atoms with Crippen LogP contribution < -0.4 is 20.7 Å². The molecule has 4 aromatic carbocycles. The van der Waals surface area contributed by atoms with Gasteiger partial charge in [0, 0.05) is 26.7 Å². The Kier molecular flexibility index (Phi) is 10.5. The Hall–Kier alpha value is -4.24. The minimum Gasteiger partial charge on any atom is -0.496 e. The molecule has 4 aromatic rings. The molecule has 0 saturated heterocycles. The first-order chi connectivity index (χ1) is 19.8. The molecule has 10 heteroatoms. The van der Waals surface area contributed by atoms with Gasteiger partial charge in [0.05, 0.1) is 23.6 Å². The molecule has 0 spiro atoms. The Balaban J connectivity index is 1.43. The van der Waals surface area contributed by atoms with E-state index in [2.05, 4.69) is 16.0 Å². The highest BCUT2D eigenvalue weighted by Gasteiger charge is 2.16. The Morgan fingerprint density at radius 1 is 0.854 bits per heavy atom. The summed E-state index contributed by atoms with van der Waals surface area (Å²) in [5.41, 5.74) is 2.03. The number of carbonyl (C=O) groups is 3. The summed E-state index contributed by atoms with van der Waals surface area (Å²) in [4.78, 5) is 39.4. The molecule has 0 atom stereocenters. The minimum atomic E-state index is -0.515. The van der Waals surface area contributed by atoms with Crippen molar-refractivity contribution in [1.29, 1.82) is 0 Å². The lowest BCUT2D eigenvalue weighted by Crippen LogP contribution is -2.30. The number of thioether (sulfide) groups is 1. The van der Waals surface area contributed by atoms with Crippen molar-refractivity contribution >= 4 is 70.1 Å². The number of anilines is 2. The van der Waals surface area contributed by atoms with Crippen molar-refractivity contribution in [2.75, 3.05) is 23.5 Å². The topological polar surface area (TPSA) is 96.5 Å². The van der Waals surface area contributed by atoms with Gasteiger partial charge in [0.2, 0.25) is 5.91 Å². The first-order valence-corrected chi connectivity index (χ1v) is 14.1. The van der Waals surface area contributed by atoms with E-state index >= 15 is 0 Å². The number of ether oxygens (including phenoxy) is 1. The van der Waals surface area contributed by atoms with Gasteiger partial charge in [-0.25, -0.2) is 0 Å². The van der Waals surface area contributed by atoms with Crippen molar-refractivity contribution in [2.45, 2.75) is 4.90 Å². The molecule has 0 radical (unpaired) electrons. The number of para-hydroxylation sites is 1. The third kappa shape index (κ3) is 8.62. The quantitative estimate of drug-likeness (QED) is 0.132.